The van der Waals surface area contributed by atoms with Crippen LogP contribution in [0.15, 0.2) is 97.6 Å². The van der Waals surface area contributed by atoms with Crippen molar-refractivity contribution in [1.82, 2.24) is 37.8 Å². The highest BCUT2D eigenvalue weighted by atomic mass is 32.2. The van der Waals surface area contributed by atoms with Crippen LogP contribution in [0.25, 0.3) is 43.6 Å². The van der Waals surface area contributed by atoms with Crippen LogP contribution in [-0.2, 0) is 34.9 Å². The van der Waals surface area contributed by atoms with Crippen LogP contribution in [0, 0.1) is 0 Å². The SMILES string of the molecule is CC(=O)N1CCC(c2cc(C3CCCC3)cc3[nH]ccc23)CC1.CC1(C)CN(c2cc(OC(F)(F)F)cc3[nH]ccc23)CCN1S(C)(=O)=O.CS(=O)(=O)N1CCC(c2cc(C3CCCC3)cc3[nH]ccc23)CC1.CS(=O)(=O)N1CCN(c2cc(OC(F)(F)F)cc3[nH]ccc23)CC1. The normalized spacial score (nSPS) is 19.6. The number of piperidine rings is 2. The zero-order valence-corrected chi connectivity index (χ0v) is 58.1. The highest BCUT2D eigenvalue weighted by Crippen LogP contribution is 2.44. The Morgan fingerprint density at radius 3 is 1.21 bits per heavy atom. The molecule has 6 aliphatic rings. The van der Waals surface area contributed by atoms with Gasteiger partial charge in [-0.25, -0.2) is 29.6 Å². The second kappa shape index (κ2) is 28.7. The Morgan fingerprint density at radius 1 is 0.454 bits per heavy atom. The van der Waals surface area contributed by atoms with Crippen molar-refractivity contribution in [2.45, 2.75) is 140 Å². The Bertz CT molecular complexity index is 4420. The number of carbonyl (C=O) groups is 1. The van der Waals surface area contributed by atoms with Gasteiger partial charge in [-0.15, -0.1) is 26.3 Å². The van der Waals surface area contributed by atoms with Crippen LogP contribution in [0.2, 0.25) is 0 Å². The second-order valence-electron chi connectivity index (χ2n) is 27.4. The number of rotatable bonds is 11. The fraction of sp³-hybridized carbons (Fsp3) is 0.522. The molecule has 2 saturated carbocycles. The maximum Gasteiger partial charge on any atom is 0.573 e. The van der Waals surface area contributed by atoms with Crippen LogP contribution in [-0.4, -0.2) is 178 Å². The van der Waals surface area contributed by atoms with E-state index in [-0.39, 0.29) is 37.0 Å². The number of nitrogens with one attached hydrogen (secondary N) is 4. The van der Waals surface area contributed by atoms with E-state index in [0.717, 1.165) is 68.0 Å². The molecule has 14 rings (SSSR count). The average molecular weight is 1410 g/mol. The summed E-state index contributed by atoms with van der Waals surface area (Å²) >= 11 is 0. The van der Waals surface area contributed by atoms with Gasteiger partial charge in [0.25, 0.3) is 0 Å². The molecule has 4 aromatic heterocycles. The number of sulfonamides is 3. The van der Waals surface area contributed by atoms with Crippen molar-refractivity contribution < 1.29 is 65.9 Å². The van der Waals surface area contributed by atoms with Gasteiger partial charge in [-0.2, -0.15) is 8.61 Å². The number of carbonyl (C=O) groups excluding carboxylic acids is 1. The quantitative estimate of drug-likeness (QED) is 0.0892. The first-order chi connectivity index (χ1) is 45.7. The van der Waals surface area contributed by atoms with Gasteiger partial charge in [0.1, 0.15) is 11.5 Å². The van der Waals surface area contributed by atoms with Crippen molar-refractivity contribution in [2.24, 2.45) is 0 Å². The van der Waals surface area contributed by atoms with Crippen LogP contribution >= 0.6 is 0 Å². The van der Waals surface area contributed by atoms with E-state index in [1.807, 2.05) is 20.9 Å². The summed E-state index contributed by atoms with van der Waals surface area (Å²) in [6, 6.07) is 22.8. The van der Waals surface area contributed by atoms with E-state index < -0.39 is 48.3 Å². The van der Waals surface area contributed by atoms with E-state index in [0.29, 0.717) is 79.4 Å². The van der Waals surface area contributed by atoms with Gasteiger partial charge in [-0.1, -0.05) is 37.8 Å². The molecular weight excluding hydrogens is 1320 g/mol. The number of ether oxygens (including phenoxy) is 2. The highest BCUT2D eigenvalue weighted by Gasteiger charge is 2.41. The van der Waals surface area contributed by atoms with Crippen molar-refractivity contribution in [2.75, 3.05) is 101 Å². The van der Waals surface area contributed by atoms with Crippen molar-refractivity contribution >= 4 is 91.0 Å². The number of hydrogen-bond donors (Lipinski definition) is 4. The number of benzene rings is 4. The van der Waals surface area contributed by atoms with E-state index in [2.05, 4.69) is 72.0 Å². The molecule has 4 aliphatic heterocycles. The van der Waals surface area contributed by atoms with Crippen molar-refractivity contribution in [1.29, 1.82) is 0 Å². The number of halogens is 6. The van der Waals surface area contributed by atoms with Crippen LogP contribution in [0.1, 0.15) is 144 Å². The van der Waals surface area contributed by atoms with Crippen LogP contribution in [0.4, 0.5) is 37.7 Å². The molecule has 8 aromatic rings. The average Bonchev–Trinajstić information content (AvgIpc) is 1.77. The number of piperazine rings is 2. The highest BCUT2D eigenvalue weighted by molar-refractivity contribution is 7.88. The number of amides is 1. The topological polar surface area (TPSA) is 221 Å². The van der Waals surface area contributed by atoms with Crippen molar-refractivity contribution in [3.63, 3.8) is 0 Å². The summed E-state index contributed by atoms with van der Waals surface area (Å²) in [6.45, 7) is 10.7. The molecule has 0 atom stereocenters. The first-order valence-electron chi connectivity index (χ1n) is 33.3. The first kappa shape index (κ1) is 71.3. The third-order valence-electron chi connectivity index (χ3n) is 20.2. The van der Waals surface area contributed by atoms with Gasteiger partial charge in [0, 0.05) is 177 Å². The third kappa shape index (κ3) is 17.4. The van der Waals surface area contributed by atoms with E-state index in [9.17, 15) is 56.4 Å². The van der Waals surface area contributed by atoms with E-state index in [1.165, 1.54) is 135 Å². The summed E-state index contributed by atoms with van der Waals surface area (Å²) in [5.74, 6) is 2.10. The molecule has 8 heterocycles. The van der Waals surface area contributed by atoms with Gasteiger partial charge in [-0.3, -0.25) is 4.79 Å². The third-order valence-corrected chi connectivity index (χ3v) is 24.2. The Balaban J connectivity index is 0.000000131. The number of likely N-dealkylation sites (tertiary alicyclic amines) is 1. The van der Waals surface area contributed by atoms with Crippen molar-refractivity contribution in [3.05, 3.63) is 120 Å². The molecular formula is C69H88F6N10O9S3. The molecule has 1 amide bonds. The Labute approximate surface area is 563 Å². The fourth-order valence-electron chi connectivity index (χ4n) is 15.5. The molecule has 0 radical (unpaired) electrons. The molecule has 528 valence electrons. The van der Waals surface area contributed by atoms with Gasteiger partial charge < -0.3 is 44.1 Å². The number of anilines is 2. The lowest BCUT2D eigenvalue weighted by molar-refractivity contribution is -0.275. The molecule has 4 N–H and O–H groups in total. The minimum Gasteiger partial charge on any atom is -0.406 e. The number of aromatic amines is 4. The minimum absolute atomic E-state index is 0.218. The Morgan fingerprint density at radius 2 is 0.825 bits per heavy atom. The van der Waals surface area contributed by atoms with Crippen LogP contribution in [0.3, 0.4) is 0 Å². The Hall–Kier alpha value is -6.98. The van der Waals surface area contributed by atoms with Gasteiger partial charge in [0.05, 0.1) is 29.8 Å². The maximum atomic E-state index is 12.6. The zero-order chi connectivity index (χ0) is 69.4. The van der Waals surface area contributed by atoms with Gasteiger partial charge in [0.2, 0.25) is 36.0 Å². The van der Waals surface area contributed by atoms with Crippen LogP contribution < -0.4 is 19.3 Å². The second-order valence-corrected chi connectivity index (χ2v) is 33.2. The van der Waals surface area contributed by atoms with Crippen LogP contribution in [0.5, 0.6) is 11.5 Å². The smallest absolute Gasteiger partial charge is 0.406 e. The summed E-state index contributed by atoms with van der Waals surface area (Å²) in [6.07, 6.45) is 16.2. The molecule has 28 heteroatoms. The monoisotopic (exact) mass is 1410 g/mol. The molecule has 19 nitrogen and oxygen atoms in total. The lowest BCUT2D eigenvalue weighted by Crippen LogP contribution is -2.60. The number of H-pyrrole nitrogens is 4. The van der Waals surface area contributed by atoms with Gasteiger partial charge in [-0.05, 0) is 148 Å². The van der Waals surface area contributed by atoms with E-state index in [1.54, 1.807) is 49.6 Å². The minimum atomic E-state index is -4.79. The fourth-order valence-corrected chi connectivity index (χ4v) is 18.5. The Kier molecular flexibility index (Phi) is 21.1. The summed E-state index contributed by atoms with van der Waals surface area (Å²) < 4.78 is 159. The predicted molar refractivity (Wildman–Crippen MR) is 368 cm³/mol. The first-order valence-corrected chi connectivity index (χ1v) is 38.9. The van der Waals surface area contributed by atoms with E-state index >= 15 is 0 Å². The lowest BCUT2D eigenvalue weighted by Gasteiger charge is -2.46. The molecule has 0 bridgehead atoms. The van der Waals surface area contributed by atoms with E-state index in [4.69, 9.17) is 0 Å². The molecule has 4 saturated heterocycles. The number of aromatic nitrogens is 4. The summed E-state index contributed by atoms with van der Waals surface area (Å²) in [5.41, 5.74) is 9.96. The number of alkyl halides is 6. The summed E-state index contributed by atoms with van der Waals surface area (Å²) in [4.78, 5) is 29.9. The number of nitrogens with zero attached hydrogens (tertiary/aromatic N) is 6. The number of fused-ring (bicyclic) bond motifs is 4. The maximum absolute atomic E-state index is 12.6. The largest absolute Gasteiger partial charge is 0.573 e. The van der Waals surface area contributed by atoms with Gasteiger partial charge >= 0.3 is 12.7 Å². The molecule has 2 aliphatic carbocycles. The molecule has 97 heavy (non-hydrogen) atoms. The molecule has 0 unspecified atom stereocenters. The lowest BCUT2D eigenvalue weighted by atomic mass is 9.84. The molecule has 4 aromatic carbocycles. The molecule has 0 spiro atoms. The summed E-state index contributed by atoms with van der Waals surface area (Å²) in [5, 5.41) is 4.21. The van der Waals surface area contributed by atoms with Gasteiger partial charge in [0.15, 0.2) is 0 Å². The standard InChI is InChI=1S/C20H26N2O.C19H26N2O2S.C16H20F3N3O3S.C14H16F3N3O3S/c1-14(23)22-10-7-16(8-11-22)19-12-17(15-4-2-3-5-15)13-20-18(19)6-9-21-20;1-24(22,23)21-10-7-15(8-11-21)18-12-16(14-4-2-3-5-14)13-19-17(18)6-9-20-19;1-15(2)10-21(6-7-22(15)26(3,23)24)14-9-11(25-16(17,18)19)8-13-12(14)4-5-20-13;1-24(21,22)20-6-4-19(5-7-20)13-9-10(23-14(15,16)17)8-12-11(13)2-3-18-12/h6,9,12-13,15-16,21H,2-5,7-8,10-11H2,1H3;6,9,12-15,20H,2-5,7-8,10-11H2,1H3;4-5,8-9,20H,6-7,10H2,1-3H3;2-3,8-9,18H,4-7H2,1H3. The number of hydrogen-bond acceptors (Lipinski definition) is 11. The summed E-state index contributed by atoms with van der Waals surface area (Å²) in [7, 11) is -9.70. The molecule has 6 fully saturated rings. The van der Waals surface area contributed by atoms with Crippen molar-refractivity contribution in [3.8, 4) is 11.5 Å². The predicted octanol–water partition coefficient (Wildman–Crippen LogP) is 13.6. The zero-order valence-electron chi connectivity index (χ0n) is 55.7.